The molecule has 0 saturated carbocycles. The third kappa shape index (κ3) is 2.50. The quantitative estimate of drug-likeness (QED) is 0.607. The molecule has 0 atom stereocenters. The van der Waals surface area contributed by atoms with Crippen LogP contribution in [0.3, 0.4) is 0 Å². The van der Waals surface area contributed by atoms with Gasteiger partial charge in [0.05, 0.1) is 6.07 Å². The zero-order valence-electron chi connectivity index (χ0n) is 11.4. The SMILES string of the molecule is CC(=O)N(C(C)=O)c1nnc(-c2ccc([N+](=O)[O-])o2)n1C. The zero-order chi connectivity index (χ0) is 15.7. The van der Waals surface area contributed by atoms with Gasteiger partial charge in [-0.05, 0) is 6.07 Å². The number of anilines is 1. The van der Waals surface area contributed by atoms with E-state index in [4.69, 9.17) is 4.42 Å². The molecule has 0 radical (unpaired) electrons. The Labute approximate surface area is 118 Å². The minimum atomic E-state index is -0.682. The number of carbonyl (C=O) groups excluding carboxylic acids is 2. The fraction of sp³-hybridized carbons (Fsp3) is 0.273. The Bertz CT molecular complexity index is 717. The van der Waals surface area contributed by atoms with E-state index in [0.717, 1.165) is 4.90 Å². The number of amides is 2. The van der Waals surface area contributed by atoms with Gasteiger partial charge in [0.1, 0.15) is 4.92 Å². The van der Waals surface area contributed by atoms with Crippen molar-refractivity contribution in [3.63, 3.8) is 0 Å². The first-order valence-electron chi connectivity index (χ1n) is 5.78. The van der Waals surface area contributed by atoms with E-state index in [1.54, 1.807) is 0 Å². The molecule has 2 rings (SSSR count). The summed E-state index contributed by atoms with van der Waals surface area (Å²) in [6.07, 6.45) is 0. The fourth-order valence-electron chi connectivity index (χ4n) is 1.78. The van der Waals surface area contributed by atoms with Crippen LogP contribution in [0.4, 0.5) is 11.8 Å². The molecule has 2 aromatic heterocycles. The van der Waals surface area contributed by atoms with Crippen LogP contribution in [0.5, 0.6) is 0 Å². The molecule has 0 N–H and O–H groups in total. The second-order valence-corrected chi connectivity index (χ2v) is 4.15. The standard InChI is InChI=1S/C11H11N5O5/c1-6(17)15(7(2)18)11-13-12-10(14(11)3)8-4-5-9(21-8)16(19)20/h4-5H,1-3H3. The third-order valence-electron chi connectivity index (χ3n) is 2.67. The highest BCUT2D eigenvalue weighted by molar-refractivity contribution is 6.11. The highest BCUT2D eigenvalue weighted by atomic mass is 16.6. The molecule has 2 amide bonds. The van der Waals surface area contributed by atoms with Crippen LogP contribution < -0.4 is 4.90 Å². The number of furan rings is 1. The van der Waals surface area contributed by atoms with E-state index in [-0.39, 0.29) is 17.5 Å². The summed E-state index contributed by atoms with van der Waals surface area (Å²) < 4.78 is 6.35. The van der Waals surface area contributed by atoms with E-state index in [1.807, 2.05) is 0 Å². The van der Waals surface area contributed by atoms with Crippen molar-refractivity contribution in [2.24, 2.45) is 7.05 Å². The van der Waals surface area contributed by atoms with Crippen LogP contribution in [0, 0.1) is 10.1 Å². The maximum absolute atomic E-state index is 11.5. The van der Waals surface area contributed by atoms with Gasteiger partial charge in [-0.2, -0.15) is 0 Å². The first-order valence-corrected chi connectivity index (χ1v) is 5.78. The Hall–Kier alpha value is -3.04. The van der Waals surface area contributed by atoms with Crippen molar-refractivity contribution in [1.82, 2.24) is 14.8 Å². The number of nitro groups is 1. The molecular weight excluding hydrogens is 282 g/mol. The van der Waals surface area contributed by atoms with Gasteiger partial charge >= 0.3 is 5.88 Å². The van der Waals surface area contributed by atoms with Crippen LogP contribution in [0.2, 0.25) is 0 Å². The number of hydrogen-bond donors (Lipinski definition) is 0. The average Bonchev–Trinajstić information content (AvgIpc) is 2.97. The largest absolute Gasteiger partial charge is 0.433 e. The number of nitrogens with zero attached hydrogens (tertiary/aromatic N) is 5. The van der Waals surface area contributed by atoms with E-state index in [9.17, 15) is 19.7 Å². The fourth-order valence-corrected chi connectivity index (χ4v) is 1.78. The second-order valence-electron chi connectivity index (χ2n) is 4.15. The lowest BCUT2D eigenvalue weighted by molar-refractivity contribution is -0.401. The molecule has 0 unspecified atom stereocenters. The maximum atomic E-state index is 11.5. The predicted molar refractivity (Wildman–Crippen MR) is 69.2 cm³/mol. The molecule has 0 aromatic carbocycles. The van der Waals surface area contributed by atoms with Gasteiger partial charge in [0.25, 0.3) is 0 Å². The van der Waals surface area contributed by atoms with E-state index in [2.05, 4.69) is 10.2 Å². The number of hydrogen-bond acceptors (Lipinski definition) is 7. The van der Waals surface area contributed by atoms with Crippen LogP contribution in [-0.4, -0.2) is 31.5 Å². The summed E-state index contributed by atoms with van der Waals surface area (Å²) in [7, 11) is 1.51. The first kappa shape index (κ1) is 14.4. The molecule has 0 spiro atoms. The highest BCUT2D eigenvalue weighted by Gasteiger charge is 2.25. The average molecular weight is 293 g/mol. The molecule has 0 aliphatic rings. The lowest BCUT2D eigenvalue weighted by Gasteiger charge is -2.15. The molecule has 2 heterocycles. The van der Waals surface area contributed by atoms with Gasteiger partial charge < -0.3 is 4.42 Å². The monoisotopic (exact) mass is 293 g/mol. The van der Waals surface area contributed by atoms with E-state index >= 15 is 0 Å². The molecule has 21 heavy (non-hydrogen) atoms. The van der Waals surface area contributed by atoms with Gasteiger partial charge in [-0.3, -0.25) is 24.3 Å². The van der Waals surface area contributed by atoms with E-state index in [1.165, 1.54) is 37.6 Å². The summed E-state index contributed by atoms with van der Waals surface area (Å²) in [4.78, 5) is 33.7. The molecule has 0 fully saturated rings. The Morgan fingerprint density at radius 3 is 2.38 bits per heavy atom. The maximum Gasteiger partial charge on any atom is 0.433 e. The Morgan fingerprint density at radius 2 is 1.90 bits per heavy atom. The molecule has 0 bridgehead atoms. The minimum absolute atomic E-state index is 0.00375. The van der Waals surface area contributed by atoms with E-state index in [0.29, 0.717) is 0 Å². The van der Waals surface area contributed by atoms with Crippen LogP contribution in [0.15, 0.2) is 16.5 Å². The highest BCUT2D eigenvalue weighted by Crippen LogP contribution is 2.26. The number of aromatic nitrogens is 3. The van der Waals surface area contributed by atoms with Crippen molar-refractivity contribution < 1.29 is 18.9 Å². The van der Waals surface area contributed by atoms with Gasteiger partial charge in [-0.15, -0.1) is 10.2 Å². The number of imide groups is 1. The molecule has 0 aliphatic carbocycles. The van der Waals surface area contributed by atoms with Crippen molar-refractivity contribution in [1.29, 1.82) is 0 Å². The summed E-state index contributed by atoms with van der Waals surface area (Å²) in [6, 6.07) is 2.54. The zero-order valence-corrected chi connectivity index (χ0v) is 11.4. The molecule has 0 saturated heterocycles. The van der Waals surface area contributed by atoms with Crippen molar-refractivity contribution >= 4 is 23.6 Å². The lowest BCUT2D eigenvalue weighted by Crippen LogP contribution is -2.35. The molecule has 10 nitrogen and oxygen atoms in total. The van der Waals surface area contributed by atoms with Crippen LogP contribution >= 0.6 is 0 Å². The van der Waals surface area contributed by atoms with Crippen molar-refractivity contribution in [3.05, 3.63) is 22.2 Å². The first-order chi connectivity index (χ1) is 9.82. The second kappa shape index (κ2) is 5.15. The molecule has 110 valence electrons. The Balaban J connectivity index is 2.46. The predicted octanol–water partition coefficient (Wildman–Crippen LogP) is 0.883. The summed E-state index contributed by atoms with van der Waals surface area (Å²) in [5.41, 5.74) is 0. The van der Waals surface area contributed by atoms with Crippen LogP contribution in [0.1, 0.15) is 13.8 Å². The smallest absolute Gasteiger partial charge is 0.397 e. The summed E-state index contributed by atoms with van der Waals surface area (Å²) in [5.74, 6) is -1.21. The number of carbonyl (C=O) groups is 2. The van der Waals surface area contributed by atoms with Crippen LogP contribution in [-0.2, 0) is 16.6 Å². The van der Waals surface area contributed by atoms with Gasteiger partial charge in [0.15, 0.2) is 5.76 Å². The number of rotatable bonds is 3. The lowest BCUT2D eigenvalue weighted by atomic mass is 10.4. The molecular formula is C11H11N5O5. The van der Waals surface area contributed by atoms with Gasteiger partial charge in [0, 0.05) is 20.9 Å². The van der Waals surface area contributed by atoms with Gasteiger partial charge in [0.2, 0.25) is 23.6 Å². The molecule has 10 heteroatoms. The van der Waals surface area contributed by atoms with Crippen LogP contribution in [0.25, 0.3) is 11.6 Å². The molecule has 0 aliphatic heterocycles. The van der Waals surface area contributed by atoms with E-state index < -0.39 is 22.6 Å². The third-order valence-corrected chi connectivity index (χ3v) is 2.67. The summed E-state index contributed by atoms with van der Waals surface area (Å²) in [5, 5.41) is 18.1. The normalized spacial score (nSPS) is 10.4. The Morgan fingerprint density at radius 1 is 1.29 bits per heavy atom. The minimum Gasteiger partial charge on any atom is -0.397 e. The summed E-state index contributed by atoms with van der Waals surface area (Å²) in [6.45, 7) is 2.43. The van der Waals surface area contributed by atoms with Crippen molar-refractivity contribution in [3.8, 4) is 11.6 Å². The van der Waals surface area contributed by atoms with Gasteiger partial charge in [-0.1, -0.05) is 0 Å². The summed E-state index contributed by atoms with van der Waals surface area (Å²) >= 11 is 0. The van der Waals surface area contributed by atoms with Crippen molar-refractivity contribution in [2.45, 2.75) is 13.8 Å². The van der Waals surface area contributed by atoms with Crippen molar-refractivity contribution in [2.75, 3.05) is 4.90 Å². The Kier molecular flexibility index (Phi) is 3.52. The topological polar surface area (TPSA) is 124 Å². The van der Waals surface area contributed by atoms with Gasteiger partial charge in [-0.25, -0.2) is 4.90 Å². The molecule has 2 aromatic rings.